The zero-order chi connectivity index (χ0) is 24.8. The number of amides is 3. The van der Waals surface area contributed by atoms with Gasteiger partial charge in [-0.1, -0.05) is 86.7 Å². The van der Waals surface area contributed by atoms with E-state index in [2.05, 4.69) is 34.9 Å². The maximum absolute atomic E-state index is 13.3. The fourth-order valence-electron chi connectivity index (χ4n) is 6.33. The van der Waals surface area contributed by atoms with Gasteiger partial charge in [0.15, 0.2) is 0 Å². The molecular weight excluding hydrogens is 450 g/mol. The van der Waals surface area contributed by atoms with Gasteiger partial charge in [0.05, 0.1) is 31.2 Å². The highest BCUT2D eigenvalue weighted by molar-refractivity contribution is 5.82. The molecule has 6 heteroatoms. The van der Waals surface area contributed by atoms with Crippen molar-refractivity contribution in [3.63, 3.8) is 0 Å². The van der Waals surface area contributed by atoms with E-state index in [1.807, 2.05) is 35.2 Å². The smallest absolute Gasteiger partial charge is 0.317 e. The molecule has 5 rings (SSSR count). The molecule has 3 aliphatic rings. The number of carbonyl (C=O) groups excluding carboxylic acids is 2. The van der Waals surface area contributed by atoms with Gasteiger partial charge >= 0.3 is 6.03 Å². The molecule has 1 saturated heterocycles. The van der Waals surface area contributed by atoms with E-state index in [9.17, 15) is 9.59 Å². The molecule has 0 unspecified atom stereocenters. The van der Waals surface area contributed by atoms with Crippen LogP contribution in [0.1, 0.15) is 68.1 Å². The van der Waals surface area contributed by atoms with Gasteiger partial charge in [-0.15, -0.1) is 0 Å². The Morgan fingerprint density at radius 3 is 2.53 bits per heavy atom. The molecule has 2 aromatic rings. The lowest BCUT2D eigenvalue weighted by atomic mass is 9.75. The molecule has 192 valence electrons. The molecule has 2 aromatic carbocycles. The van der Waals surface area contributed by atoms with Crippen LogP contribution in [-0.2, 0) is 28.1 Å². The maximum atomic E-state index is 13.3. The lowest BCUT2D eigenvalue weighted by molar-refractivity contribution is -0.124. The molecule has 2 aliphatic heterocycles. The fraction of sp³-hybridized carbons (Fsp3) is 0.533. The Balaban J connectivity index is 1.19. The Bertz CT molecular complexity index is 1030. The molecule has 1 atom stereocenters. The number of carbonyl (C=O) groups is 2. The summed E-state index contributed by atoms with van der Waals surface area (Å²) < 4.78 is 6.07. The van der Waals surface area contributed by atoms with E-state index in [0.717, 1.165) is 30.4 Å². The average molecular weight is 490 g/mol. The zero-order valence-electron chi connectivity index (χ0n) is 21.2. The number of nitrogens with one attached hydrogen (secondary N) is 2. The van der Waals surface area contributed by atoms with Crippen LogP contribution < -0.4 is 10.6 Å². The van der Waals surface area contributed by atoms with E-state index in [1.54, 1.807) is 0 Å². The molecule has 1 spiro atoms. The number of hydrogen-bond acceptors (Lipinski definition) is 3. The zero-order valence-corrected chi connectivity index (χ0v) is 21.2. The summed E-state index contributed by atoms with van der Waals surface area (Å²) in [6.45, 7) is 2.34. The Kier molecular flexibility index (Phi) is 7.90. The van der Waals surface area contributed by atoms with Crippen molar-refractivity contribution in [3.8, 4) is 0 Å². The first-order valence-corrected chi connectivity index (χ1v) is 13.7. The van der Waals surface area contributed by atoms with Gasteiger partial charge in [0.25, 0.3) is 0 Å². The number of piperidine rings is 1. The van der Waals surface area contributed by atoms with E-state index in [1.165, 1.54) is 37.7 Å². The Morgan fingerprint density at radius 2 is 1.75 bits per heavy atom. The standard InChI is InChI=1S/C30H39N3O3/c34-28-20-25-13-7-8-14-27(25)30(32-28)15-17-33(18-16-30)29(35)31-26(19-23-9-3-1-4-10-23)22-36-21-24-11-5-2-6-12-24/h2,5-8,11-14,23,26H,1,3-4,9-10,15-22H2,(H,31,35)(H,32,34)/t26-/m0/s1. The van der Waals surface area contributed by atoms with Crippen LogP contribution in [0, 0.1) is 5.92 Å². The molecule has 2 heterocycles. The molecule has 0 bridgehead atoms. The fourth-order valence-corrected chi connectivity index (χ4v) is 6.33. The quantitative estimate of drug-likeness (QED) is 0.580. The molecule has 1 saturated carbocycles. The highest BCUT2D eigenvalue weighted by atomic mass is 16.5. The molecule has 3 amide bonds. The summed E-state index contributed by atoms with van der Waals surface area (Å²) in [4.78, 5) is 27.7. The topological polar surface area (TPSA) is 70.7 Å². The number of rotatable bonds is 7. The number of likely N-dealkylation sites (tertiary alicyclic amines) is 1. The summed E-state index contributed by atoms with van der Waals surface area (Å²) in [5.41, 5.74) is 3.12. The number of fused-ring (bicyclic) bond motifs is 2. The lowest BCUT2D eigenvalue weighted by Gasteiger charge is -2.45. The summed E-state index contributed by atoms with van der Waals surface area (Å²) in [5, 5.41) is 6.58. The minimum absolute atomic E-state index is 0.00954. The first kappa shape index (κ1) is 24.8. The van der Waals surface area contributed by atoms with Gasteiger partial charge < -0.3 is 20.3 Å². The van der Waals surface area contributed by atoms with Crippen LogP contribution in [0.3, 0.4) is 0 Å². The molecule has 0 aromatic heterocycles. The molecule has 2 fully saturated rings. The third kappa shape index (κ3) is 5.92. The second kappa shape index (κ2) is 11.5. The van der Waals surface area contributed by atoms with Gasteiger partial charge in [0, 0.05) is 13.1 Å². The van der Waals surface area contributed by atoms with Crippen molar-refractivity contribution in [3.05, 3.63) is 71.3 Å². The normalized spacial score (nSPS) is 20.4. The van der Waals surface area contributed by atoms with E-state index >= 15 is 0 Å². The number of nitrogens with zero attached hydrogens (tertiary/aromatic N) is 1. The number of urea groups is 1. The van der Waals surface area contributed by atoms with Gasteiger partial charge in [-0.05, 0) is 41.9 Å². The lowest BCUT2D eigenvalue weighted by Crippen LogP contribution is -2.58. The van der Waals surface area contributed by atoms with Crippen molar-refractivity contribution in [2.45, 2.75) is 76.0 Å². The van der Waals surface area contributed by atoms with E-state index in [0.29, 0.717) is 38.6 Å². The molecule has 36 heavy (non-hydrogen) atoms. The Morgan fingerprint density at radius 1 is 1.03 bits per heavy atom. The van der Waals surface area contributed by atoms with Gasteiger partial charge in [0.2, 0.25) is 5.91 Å². The first-order chi connectivity index (χ1) is 17.6. The van der Waals surface area contributed by atoms with Crippen molar-refractivity contribution < 1.29 is 14.3 Å². The van der Waals surface area contributed by atoms with Gasteiger partial charge in [0.1, 0.15) is 0 Å². The van der Waals surface area contributed by atoms with Gasteiger partial charge in [-0.3, -0.25) is 4.79 Å². The Hall–Kier alpha value is -2.86. The second-order valence-electron chi connectivity index (χ2n) is 10.8. The molecule has 0 radical (unpaired) electrons. The highest BCUT2D eigenvalue weighted by Crippen LogP contribution is 2.38. The predicted octanol–water partition coefficient (Wildman–Crippen LogP) is 4.92. The largest absolute Gasteiger partial charge is 0.375 e. The van der Waals surface area contributed by atoms with E-state index in [4.69, 9.17) is 4.74 Å². The first-order valence-electron chi connectivity index (χ1n) is 13.7. The monoisotopic (exact) mass is 489 g/mol. The summed E-state index contributed by atoms with van der Waals surface area (Å²) in [6, 6.07) is 18.4. The Labute approximate surface area is 214 Å². The third-order valence-corrected chi connectivity index (χ3v) is 8.27. The van der Waals surface area contributed by atoms with Crippen LogP contribution in [0.4, 0.5) is 4.79 Å². The minimum atomic E-state index is -0.358. The SMILES string of the molecule is O=C1Cc2ccccc2C2(CCN(C(=O)N[C@H](COCc3ccccc3)CC3CCCCC3)CC2)N1. The van der Waals surface area contributed by atoms with Crippen LogP contribution in [0.25, 0.3) is 0 Å². The number of hydrogen-bond donors (Lipinski definition) is 2. The summed E-state index contributed by atoms with van der Waals surface area (Å²) in [7, 11) is 0. The van der Waals surface area contributed by atoms with Crippen LogP contribution in [0.5, 0.6) is 0 Å². The van der Waals surface area contributed by atoms with Crippen molar-refractivity contribution in [2.75, 3.05) is 19.7 Å². The highest BCUT2D eigenvalue weighted by Gasteiger charge is 2.42. The third-order valence-electron chi connectivity index (χ3n) is 8.27. The summed E-state index contributed by atoms with van der Waals surface area (Å²) in [5.74, 6) is 0.734. The molecule has 2 N–H and O–H groups in total. The predicted molar refractivity (Wildman–Crippen MR) is 140 cm³/mol. The van der Waals surface area contributed by atoms with Crippen molar-refractivity contribution in [1.29, 1.82) is 0 Å². The van der Waals surface area contributed by atoms with E-state index in [-0.39, 0.29) is 23.5 Å². The van der Waals surface area contributed by atoms with Crippen LogP contribution in [-0.4, -0.2) is 42.6 Å². The minimum Gasteiger partial charge on any atom is -0.375 e. The maximum Gasteiger partial charge on any atom is 0.317 e. The number of ether oxygens (including phenoxy) is 1. The molecule has 6 nitrogen and oxygen atoms in total. The van der Waals surface area contributed by atoms with Crippen molar-refractivity contribution >= 4 is 11.9 Å². The summed E-state index contributed by atoms with van der Waals surface area (Å²) in [6.07, 6.45) is 9.28. The van der Waals surface area contributed by atoms with Crippen LogP contribution >= 0.6 is 0 Å². The second-order valence-corrected chi connectivity index (χ2v) is 10.8. The van der Waals surface area contributed by atoms with Crippen molar-refractivity contribution in [1.82, 2.24) is 15.5 Å². The average Bonchev–Trinajstić information content (AvgIpc) is 2.90. The molecular formula is C30H39N3O3. The summed E-state index contributed by atoms with van der Waals surface area (Å²) >= 11 is 0. The number of benzene rings is 2. The van der Waals surface area contributed by atoms with Gasteiger partial charge in [-0.2, -0.15) is 0 Å². The van der Waals surface area contributed by atoms with Gasteiger partial charge in [-0.25, -0.2) is 4.79 Å². The van der Waals surface area contributed by atoms with Crippen LogP contribution in [0.15, 0.2) is 54.6 Å². The van der Waals surface area contributed by atoms with Crippen molar-refractivity contribution in [2.24, 2.45) is 5.92 Å². The van der Waals surface area contributed by atoms with Crippen LogP contribution in [0.2, 0.25) is 0 Å². The molecule has 1 aliphatic carbocycles. The van der Waals surface area contributed by atoms with E-state index < -0.39 is 0 Å².